The zero-order chi connectivity index (χ0) is 12.3. The Morgan fingerprint density at radius 2 is 2.00 bits per heavy atom. The highest BCUT2D eigenvalue weighted by molar-refractivity contribution is 5.71. The normalized spacial score (nSPS) is 9.88. The third-order valence-corrected chi connectivity index (χ3v) is 1.98. The van der Waals surface area contributed by atoms with Crippen molar-refractivity contribution in [2.24, 2.45) is 0 Å². The van der Waals surface area contributed by atoms with E-state index in [-0.39, 0.29) is 17.3 Å². The molecule has 0 aliphatic rings. The molecule has 2 heterocycles. The minimum absolute atomic E-state index is 0.0497. The molecule has 0 fully saturated rings. The first kappa shape index (κ1) is 10.7. The molecule has 3 N–H and O–H groups in total. The second-order valence-corrected chi connectivity index (χ2v) is 3.07. The summed E-state index contributed by atoms with van der Waals surface area (Å²) < 4.78 is 0. The van der Waals surface area contributed by atoms with E-state index in [4.69, 9.17) is 5.73 Å². The molecule has 0 aromatic carbocycles. The Morgan fingerprint density at radius 3 is 2.65 bits per heavy atom. The number of nitrogens with one attached hydrogen (secondary N) is 1. The van der Waals surface area contributed by atoms with E-state index < -0.39 is 4.92 Å². The Labute approximate surface area is 95.7 Å². The number of hydrogen-bond donors (Lipinski definition) is 2. The number of anilines is 3. The molecule has 0 saturated carbocycles. The molecule has 2 rings (SSSR count). The van der Waals surface area contributed by atoms with Gasteiger partial charge in [-0.05, 0) is 12.1 Å². The number of nitrogens with two attached hydrogens (primary N) is 1. The molecule has 2 aromatic rings. The van der Waals surface area contributed by atoms with Gasteiger partial charge in [-0.25, -0.2) is 9.97 Å². The number of nitrogen functional groups attached to an aromatic ring is 1. The van der Waals surface area contributed by atoms with Crippen molar-refractivity contribution < 1.29 is 4.92 Å². The summed E-state index contributed by atoms with van der Waals surface area (Å²) in [5.74, 6) is -0.129. The van der Waals surface area contributed by atoms with Crippen LogP contribution < -0.4 is 11.1 Å². The molecule has 8 nitrogen and oxygen atoms in total. The molecule has 0 aliphatic carbocycles. The average Bonchev–Trinajstić information content (AvgIpc) is 2.30. The predicted molar refractivity (Wildman–Crippen MR) is 60.6 cm³/mol. The quantitative estimate of drug-likeness (QED) is 0.600. The van der Waals surface area contributed by atoms with E-state index in [0.717, 1.165) is 6.33 Å². The number of nitro groups is 1. The number of hydrogen-bond acceptors (Lipinski definition) is 7. The minimum atomic E-state index is -0.626. The van der Waals surface area contributed by atoms with Gasteiger partial charge in [0.1, 0.15) is 6.33 Å². The first-order valence-electron chi connectivity index (χ1n) is 4.60. The molecule has 0 spiro atoms. The van der Waals surface area contributed by atoms with Crippen LogP contribution >= 0.6 is 0 Å². The van der Waals surface area contributed by atoms with Gasteiger partial charge in [-0.2, -0.15) is 0 Å². The lowest BCUT2D eigenvalue weighted by atomic mass is 10.3. The zero-order valence-corrected chi connectivity index (χ0v) is 8.57. The summed E-state index contributed by atoms with van der Waals surface area (Å²) in [5.41, 5.74) is 5.71. The van der Waals surface area contributed by atoms with Gasteiger partial charge in [-0.15, -0.1) is 0 Å². The van der Waals surface area contributed by atoms with Crippen LogP contribution in [0.5, 0.6) is 0 Å². The smallest absolute Gasteiger partial charge is 0.353 e. The highest BCUT2D eigenvalue weighted by atomic mass is 16.6. The molecule has 0 amide bonds. The molecule has 0 bridgehead atoms. The zero-order valence-electron chi connectivity index (χ0n) is 8.57. The molecule has 0 atom stereocenters. The molecular formula is C9H8N6O2. The first-order chi connectivity index (χ1) is 8.18. The van der Waals surface area contributed by atoms with Crippen LogP contribution in [0.4, 0.5) is 23.0 Å². The van der Waals surface area contributed by atoms with E-state index in [9.17, 15) is 10.1 Å². The molecule has 8 heteroatoms. The van der Waals surface area contributed by atoms with Crippen molar-refractivity contribution in [3.63, 3.8) is 0 Å². The maximum atomic E-state index is 10.8. The molecule has 0 aliphatic heterocycles. The van der Waals surface area contributed by atoms with Crippen LogP contribution in [-0.4, -0.2) is 19.9 Å². The maximum Gasteiger partial charge on any atom is 0.353 e. The van der Waals surface area contributed by atoms with Gasteiger partial charge in [0.25, 0.3) is 0 Å². The van der Waals surface area contributed by atoms with Crippen molar-refractivity contribution in [3.05, 3.63) is 41.0 Å². The summed E-state index contributed by atoms with van der Waals surface area (Å²) in [5, 5.41) is 13.6. The van der Waals surface area contributed by atoms with Crippen LogP contribution in [-0.2, 0) is 0 Å². The van der Waals surface area contributed by atoms with Gasteiger partial charge in [-0.3, -0.25) is 15.1 Å². The highest BCUT2D eigenvalue weighted by Gasteiger charge is 2.20. The van der Waals surface area contributed by atoms with Gasteiger partial charge < -0.3 is 11.1 Å². The van der Waals surface area contributed by atoms with E-state index in [0.29, 0.717) is 5.69 Å². The monoisotopic (exact) mass is 232 g/mol. The summed E-state index contributed by atoms with van der Waals surface area (Å²) in [6.45, 7) is 0. The van der Waals surface area contributed by atoms with Crippen LogP contribution in [0.1, 0.15) is 0 Å². The first-order valence-corrected chi connectivity index (χ1v) is 4.60. The Bertz CT molecular complexity index is 544. The Hall–Kier alpha value is -2.77. The topological polar surface area (TPSA) is 120 Å². The van der Waals surface area contributed by atoms with E-state index in [1.165, 1.54) is 0 Å². The van der Waals surface area contributed by atoms with Gasteiger partial charge in [0, 0.05) is 18.1 Å². The second-order valence-electron chi connectivity index (χ2n) is 3.07. The van der Waals surface area contributed by atoms with Crippen molar-refractivity contribution in [3.8, 4) is 0 Å². The van der Waals surface area contributed by atoms with Crippen molar-refractivity contribution in [2.75, 3.05) is 11.1 Å². The van der Waals surface area contributed by atoms with Crippen molar-refractivity contribution in [1.82, 2.24) is 15.0 Å². The largest absolute Gasteiger partial charge is 0.378 e. The third-order valence-electron chi connectivity index (χ3n) is 1.98. The van der Waals surface area contributed by atoms with Gasteiger partial charge >= 0.3 is 5.69 Å². The van der Waals surface area contributed by atoms with Crippen molar-refractivity contribution in [2.45, 2.75) is 0 Å². The number of pyridine rings is 1. The predicted octanol–water partition coefficient (Wildman–Crippen LogP) is 1.11. The molecule has 17 heavy (non-hydrogen) atoms. The standard InChI is InChI=1S/C9H8N6O2/c10-8-7(15(16)17)9(13-5-12-8)14-6-1-3-11-4-2-6/h1-5H,(H3,10,11,12,13,14). The lowest BCUT2D eigenvalue weighted by Crippen LogP contribution is -2.04. The van der Waals surface area contributed by atoms with E-state index in [1.807, 2.05) is 0 Å². The van der Waals surface area contributed by atoms with Gasteiger partial charge in [0.15, 0.2) is 0 Å². The van der Waals surface area contributed by atoms with Crippen molar-refractivity contribution in [1.29, 1.82) is 0 Å². The Kier molecular flexibility index (Phi) is 2.77. The molecule has 86 valence electrons. The summed E-state index contributed by atoms with van der Waals surface area (Å²) in [7, 11) is 0. The fourth-order valence-corrected chi connectivity index (χ4v) is 1.24. The SMILES string of the molecule is Nc1ncnc(Nc2ccncc2)c1[N+](=O)[O-]. The van der Waals surface area contributed by atoms with Crippen LogP contribution in [0.2, 0.25) is 0 Å². The average molecular weight is 232 g/mol. The van der Waals surface area contributed by atoms with Crippen LogP contribution in [0, 0.1) is 10.1 Å². The van der Waals surface area contributed by atoms with Crippen LogP contribution in [0.3, 0.4) is 0 Å². The lowest BCUT2D eigenvalue weighted by molar-refractivity contribution is -0.383. The fourth-order valence-electron chi connectivity index (χ4n) is 1.24. The van der Waals surface area contributed by atoms with Crippen molar-refractivity contribution >= 4 is 23.0 Å². The summed E-state index contributed by atoms with van der Waals surface area (Å²) in [4.78, 5) is 21.4. The van der Waals surface area contributed by atoms with E-state index in [2.05, 4.69) is 20.3 Å². The summed E-state index contributed by atoms with van der Waals surface area (Å²) in [6, 6.07) is 3.31. The second kappa shape index (κ2) is 4.39. The molecule has 0 saturated heterocycles. The van der Waals surface area contributed by atoms with E-state index in [1.54, 1.807) is 24.5 Å². The van der Waals surface area contributed by atoms with Crippen LogP contribution in [0.25, 0.3) is 0 Å². The lowest BCUT2D eigenvalue weighted by Gasteiger charge is -2.05. The van der Waals surface area contributed by atoms with Gasteiger partial charge in [0.2, 0.25) is 11.6 Å². The maximum absolute atomic E-state index is 10.8. The number of aromatic nitrogens is 3. The summed E-state index contributed by atoms with van der Waals surface area (Å²) in [6.07, 6.45) is 4.27. The fraction of sp³-hybridized carbons (Fsp3) is 0. The minimum Gasteiger partial charge on any atom is -0.378 e. The molecule has 0 unspecified atom stereocenters. The third kappa shape index (κ3) is 2.25. The van der Waals surface area contributed by atoms with Gasteiger partial charge in [0.05, 0.1) is 4.92 Å². The Morgan fingerprint density at radius 1 is 1.29 bits per heavy atom. The summed E-state index contributed by atoms with van der Waals surface area (Å²) >= 11 is 0. The molecule has 0 radical (unpaired) electrons. The van der Waals surface area contributed by atoms with Crippen LogP contribution in [0.15, 0.2) is 30.9 Å². The molecular weight excluding hydrogens is 224 g/mol. The Balaban J connectivity index is 2.40. The molecule has 2 aromatic heterocycles. The number of rotatable bonds is 3. The number of nitrogens with zero attached hydrogens (tertiary/aromatic N) is 4. The highest BCUT2D eigenvalue weighted by Crippen LogP contribution is 2.28. The van der Waals surface area contributed by atoms with E-state index >= 15 is 0 Å². The van der Waals surface area contributed by atoms with Gasteiger partial charge in [-0.1, -0.05) is 0 Å².